The standard InChI is InChI=1S/C22H21N3O2/c1-2-17-12-14-25(15-13-17)16-21(26)24-20-11-7-6-10-19(20)22(27)23-18-8-4-3-5-9-18/h3-15H,2,16H2,1H3,(H-,23,24,26,27)/p+1. The van der Waals surface area contributed by atoms with Crippen molar-refractivity contribution >= 4 is 23.2 Å². The molecule has 0 atom stereocenters. The molecule has 1 aromatic heterocycles. The zero-order valence-electron chi connectivity index (χ0n) is 15.2. The van der Waals surface area contributed by atoms with Crippen molar-refractivity contribution in [2.24, 2.45) is 0 Å². The molecule has 2 aromatic carbocycles. The topological polar surface area (TPSA) is 62.1 Å². The molecule has 0 aliphatic carbocycles. The van der Waals surface area contributed by atoms with Crippen LogP contribution in [-0.2, 0) is 17.8 Å². The van der Waals surface area contributed by atoms with Gasteiger partial charge in [-0.05, 0) is 36.2 Å². The van der Waals surface area contributed by atoms with E-state index < -0.39 is 0 Å². The number of para-hydroxylation sites is 2. The quantitative estimate of drug-likeness (QED) is 0.662. The van der Waals surface area contributed by atoms with Crippen LogP contribution >= 0.6 is 0 Å². The zero-order chi connectivity index (χ0) is 19.1. The Morgan fingerprint density at radius 2 is 1.52 bits per heavy atom. The van der Waals surface area contributed by atoms with Crippen LogP contribution < -0.4 is 15.2 Å². The van der Waals surface area contributed by atoms with Gasteiger partial charge in [0.15, 0.2) is 12.4 Å². The highest BCUT2D eigenvalue weighted by Gasteiger charge is 2.15. The number of hydrogen-bond donors (Lipinski definition) is 2. The first kappa shape index (κ1) is 18.3. The summed E-state index contributed by atoms with van der Waals surface area (Å²) >= 11 is 0. The van der Waals surface area contributed by atoms with Gasteiger partial charge in [-0.2, -0.15) is 4.57 Å². The molecule has 0 unspecified atom stereocenters. The van der Waals surface area contributed by atoms with Crippen LogP contribution in [0.3, 0.4) is 0 Å². The molecule has 0 spiro atoms. The minimum atomic E-state index is -0.267. The van der Waals surface area contributed by atoms with Crippen LogP contribution in [0.25, 0.3) is 0 Å². The van der Waals surface area contributed by atoms with E-state index in [2.05, 4.69) is 17.6 Å². The fraction of sp³-hybridized carbons (Fsp3) is 0.136. The fourth-order valence-corrected chi connectivity index (χ4v) is 2.69. The summed E-state index contributed by atoms with van der Waals surface area (Å²) in [6.07, 6.45) is 4.72. The van der Waals surface area contributed by atoms with E-state index >= 15 is 0 Å². The van der Waals surface area contributed by atoms with Gasteiger partial charge in [0.2, 0.25) is 6.54 Å². The van der Waals surface area contributed by atoms with Crippen LogP contribution in [-0.4, -0.2) is 11.8 Å². The third-order valence-electron chi connectivity index (χ3n) is 4.17. The summed E-state index contributed by atoms with van der Waals surface area (Å²) in [6.45, 7) is 2.27. The normalized spacial score (nSPS) is 10.3. The van der Waals surface area contributed by atoms with E-state index in [9.17, 15) is 9.59 Å². The molecule has 3 rings (SSSR count). The maximum Gasteiger partial charge on any atom is 0.290 e. The van der Waals surface area contributed by atoms with Gasteiger partial charge in [-0.3, -0.25) is 9.59 Å². The SMILES string of the molecule is CCc1cc[n+](CC(=O)Nc2ccccc2C(=O)Nc2ccccc2)cc1. The first-order valence-corrected chi connectivity index (χ1v) is 8.89. The van der Waals surface area contributed by atoms with Crippen molar-refractivity contribution < 1.29 is 14.2 Å². The predicted octanol–water partition coefficient (Wildman–Crippen LogP) is 3.43. The van der Waals surface area contributed by atoms with Gasteiger partial charge in [-0.25, -0.2) is 0 Å². The van der Waals surface area contributed by atoms with Gasteiger partial charge in [-0.1, -0.05) is 37.3 Å². The summed E-state index contributed by atoms with van der Waals surface area (Å²) in [7, 11) is 0. The second-order valence-electron chi connectivity index (χ2n) is 6.15. The molecule has 0 fully saturated rings. The van der Waals surface area contributed by atoms with E-state index in [0.717, 1.165) is 6.42 Å². The largest absolute Gasteiger partial charge is 0.322 e. The van der Waals surface area contributed by atoms with Crippen molar-refractivity contribution in [2.45, 2.75) is 19.9 Å². The Labute approximate surface area is 158 Å². The van der Waals surface area contributed by atoms with Gasteiger partial charge in [0.05, 0.1) is 11.3 Å². The number of pyridine rings is 1. The van der Waals surface area contributed by atoms with Crippen LogP contribution in [0.4, 0.5) is 11.4 Å². The molecular formula is C22H22N3O2+. The highest BCUT2D eigenvalue weighted by atomic mass is 16.2. The smallest absolute Gasteiger partial charge is 0.290 e. The lowest BCUT2D eigenvalue weighted by molar-refractivity contribution is -0.684. The summed E-state index contributed by atoms with van der Waals surface area (Å²) in [5.41, 5.74) is 2.83. The molecule has 0 aliphatic rings. The van der Waals surface area contributed by atoms with Crippen molar-refractivity contribution in [3.8, 4) is 0 Å². The molecule has 2 N–H and O–H groups in total. The average molecular weight is 360 g/mol. The van der Waals surface area contributed by atoms with E-state index in [-0.39, 0.29) is 18.4 Å². The van der Waals surface area contributed by atoms with Crippen LogP contribution in [0.15, 0.2) is 79.1 Å². The van der Waals surface area contributed by atoms with E-state index in [1.165, 1.54) is 5.56 Å². The van der Waals surface area contributed by atoms with Crippen molar-refractivity contribution in [2.75, 3.05) is 10.6 Å². The van der Waals surface area contributed by atoms with Crippen LogP contribution in [0.5, 0.6) is 0 Å². The van der Waals surface area contributed by atoms with E-state index in [4.69, 9.17) is 0 Å². The number of amides is 2. The third kappa shape index (κ3) is 5.01. The summed E-state index contributed by atoms with van der Waals surface area (Å²) in [4.78, 5) is 25.0. The molecule has 2 amide bonds. The highest BCUT2D eigenvalue weighted by molar-refractivity contribution is 6.09. The van der Waals surface area contributed by atoms with Crippen LogP contribution in [0.2, 0.25) is 0 Å². The number of carbonyl (C=O) groups is 2. The minimum absolute atomic E-state index is 0.179. The number of aryl methyl sites for hydroxylation is 1. The molecule has 5 heteroatoms. The van der Waals surface area contributed by atoms with Crippen molar-refractivity contribution in [1.29, 1.82) is 0 Å². The molecule has 0 bridgehead atoms. The number of anilines is 2. The third-order valence-corrected chi connectivity index (χ3v) is 4.17. The molecule has 0 radical (unpaired) electrons. The Morgan fingerprint density at radius 1 is 0.852 bits per heavy atom. The second-order valence-corrected chi connectivity index (χ2v) is 6.15. The maximum atomic E-state index is 12.6. The summed E-state index contributed by atoms with van der Waals surface area (Å²) in [6, 6.07) is 20.2. The second kappa shape index (κ2) is 8.76. The zero-order valence-corrected chi connectivity index (χ0v) is 15.2. The maximum absolute atomic E-state index is 12.6. The van der Waals surface area contributed by atoms with Gasteiger partial charge >= 0.3 is 0 Å². The molecule has 0 saturated heterocycles. The van der Waals surface area contributed by atoms with Crippen LogP contribution in [0.1, 0.15) is 22.8 Å². The Bertz CT molecular complexity index is 922. The number of aromatic nitrogens is 1. The Hall–Kier alpha value is -3.47. The molecule has 0 aliphatic heterocycles. The first-order chi connectivity index (χ1) is 13.2. The van der Waals surface area contributed by atoms with E-state index in [1.54, 1.807) is 28.8 Å². The average Bonchev–Trinajstić information content (AvgIpc) is 2.69. The van der Waals surface area contributed by atoms with Gasteiger partial charge in [-0.15, -0.1) is 0 Å². The number of nitrogens with zero attached hydrogens (tertiary/aromatic N) is 1. The summed E-state index contributed by atoms with van der Waals surface area (Å²) in [5, 5.41) is 5.67. The number of benzene rings is 2. The molecule has 0 saturated carbocycles. The number of rotatable bonds is 6. The van der Waals surface area contributed by atoms with Crippen molar-refractivity contribution in [3.05, 3.63) is 90.3 Å². The Balaban J connectivity index is 1.69. The Morgan fingerprint density at radius 3 is 2.22 bits per heavy atom. The lowest BCUT2D eigenvalue weighted by Gasteiger charge is -2.10. The van der Waals surface area contributed by atoms with Gasteiger partial charge < -0.3 is 10.6 Å². The molecule has 3 aromatic rings. The Kier molecular flexibility index (Phi) is 5.94. The molecule has 136 valence electrons. The fourth-order valence-electron chi connectivity index (χ4n) is 2.69. The summed E-state index contributed by atoms with van der Waals surface area (Å²) < 4.78 is 1.81. The van der Waals surface area contributed by atoms with Gasteiger partial charge in [0, 0.05) is 17.8 Å². The minimum Gasteiger partial charge on any atom is -0.322 e. The van der Waals surface area contributed by atoms with Crippen molar-refractivity contribution in [3.63, 3.8) is 0 Å². The molecule has 27 heavy (non-hydrogen) atoms. The van der Waals surface area contributed by atoms with Gasteiger partial charge in [0.1, 0.15) is 0 Å². The highest BCUT2D eigenvalue weighted by Crippen LogP contribution is 2.17. The number of nitrogens with one attached hydrogen (secondary N) is 2. The van der Waals surface area contributed by atoms with E-state index in [0.29, 0.717) is 16.9 Å². The number of carbonyl (C=O) groups excluding carboxylic acids is 2. The number of hydrogen-bond acceptors (Lipinski definition) is 2. The van der Waals surface area contributed by atoms with Gasteiger partial charge in [0.25, 0.3) is 11.8 Å². The lowest BCUT2D eigenvalue weighted by atomic mass is 10.1. The van der Waals surface area contributed by atoms with E-state index in [1.807, 2.05) is 54.9 Å². The molecule has 5 nitrogen and oxygen atoms in total. The monoisotopic (exact) mass is 360 g/mol. The molecule has 1 heterocycles. The van der Waals surface area contributed by atoms with Crippen LogP contribution in [0, 0.1) is 0 Å². The lowest BCUT2D eigenvalue weighted by Crippen LogP contribution is -2.39. The molecular weight excluding hydrogens is 338 g/mol. The van der Waals surface area contributed by atoms with Crippen molar-refractivity contribution in [1.82, 2.24) is 0 Å². The predicted molar refractivity (Wildman–Crippen MR) is 105 cm³/mol. The summed E-state index contributed by atoms with van der Waals surface area (Å²) in [5.74, 6) is -0.457. The first-order valence-electron chi connectivity index (χ1n) is 8.89.